The Hall–Kier alpha value is -2.05. The maximum absolute atomic E-state index is 11.9. The van der Waals surface area contributed by atoms with Crippen molar-refractivity contribution >= 4 is 17.5 Å². The lowest BCUT2D eigenvalue weighted by molar-refractivity contribution is -0.136. The van der Waals surface area contributed by atoms with Crippen LogP contribution in [0.25, 0.3) is 0 Å². The Morgan fingerprint density at radius 3 is 2.72 bits per heavy atom. The highest BCUT2D eigenvalue weighted by molar-refractivity contribution is 5.84. The first kappa shape index (κ1) is 14.0. The van der Waals surface area contributed by atoms with E-state index in [-0.39, 0.29) is 24.9 Å². The van der Waals surface area contributed by atoms with Crippen molar-refractivity contribution in [3.63, 3.8) is 0 Å². The molecular formula is C11H19N5O2. The Morgan fingerprint density at radius 1 is 1.50 bits per heavy atom. The van der Waals surface area contributed by atoms with E-state index in [9.17, 15) is 9.59 Å². The Morgan fingerprint density at radius 2 is 2.22 bits per heavy atom. The van der Waals surface area contributed by atoms with Gasteiger partial charge in [-0.15, -0.1) is 0 Å². The fraction of sp³-hybridized carbons (Fsp3) is 0.545. The molecule has 1 aromatic heterocycles. The number of carbonyl (C=O) groups is 2. The van der Waals surface area contributed by atoms with Crippen molar-refractivity contribution in [3.05, 3.63) is 12.4 Å². The first-order valence-electron chi connectivity index (χ1n) is 5.89. The van der Waals surface area contributed by atoms with Crippen LogP contribution in [0.5, 0.6) is 0 Å². The molecule has 0 radical (unpaired) electrons. The summed E-state index contributed by atoms with van der Waals surface area (Å²) < 4.78 is 1.46. The number of rotatable bonds is 6. The molecule has 0 aliphatic carbocycles. The zero-order valence-electron chi connectivity index (χ0n) is 10.7. The molecule has 0 bridgehead atoms. The molecule has 0 aliphatic rings. The maximum atomic E-state index is 11.9. The van der Waals surface area contributed by atoms with Crippen LogP contribution in [-0.2, 0) is 16.1 Å². The van der Waals surface area contributed by atoms with E-state index in [0.717, 1.165) is 0 Å². The summed E-state index contributed by atoms with van der Waals surface area (Å²) >= 11 is 0. The van der Waals surface area contributed by atoms with Crippen LogP contribution in [0.3, 0.4) is 0 Å². The van der Waals surface area contributed by atoms with E-state index in [1.54, 1.807) is 6.20 Å². The fourth-order valence-corrected chi connectivity index (χ4v) is 1.51. The Bertz CT molecular complexity index is 415. The zero-order chi connectivity index (χ0) is 13.5. The summed E-state index contributed by atoms with van der Waals surface area (Å²) in [5.41, 5.74) is 6.02. The topological polar surface area (TPSA) is 93.2 Å². The molecule has 0 fully saturated rings. The van der Waals surface area contributed by atoms with Gasteiger partial charge in [0.25, 0.3) is 0 Å². The molecule has 0 saturated heterocycles. The van der Waals surface area contributed by atoms with Crippen LogP contribution in [0.15, 0.2) is 12.4 Å². The molecule has 7 heteroatoms. The van der Waals surface area contributed by atoms with Gasteiger partial charge in [0.1, 0.15) is 6.54 Å². The van der Waals surface area contributed by atoms with Gasteiger partial charge in [-0.25, -0.2) is 0 Å². The highest BCUT2D eigenvalue weighted by Gasteiger charge is 2.15. The molecule has 0 saturated carbocycles. The van der Waals surface area contributed by atoms with Gasteiger partial charge in [-0.1, -0.05) is 0 Å². The minimum absolute atomic E-state index is 0.0694. The maximum Gasteiger partial charge on any atom is 0.244 e. The molecule has 0 spiro atoms. The number of hydrogen-bond acceptors (Lipinski definition) is 4. The van der Waals surface area contributed by atoms with E-state index >= 15 is 0 Å². The first-order chi connectivity index (χ1) is 8.56. The molecule has 0 aromatic carbocycles. The van der Waals surface area contributed by atoms with Crippen LogP contribution in [0.4, 0.5) is 5.69 Å². The molecular weight excluding hydrogens is 234 g/mol. The predicted molar refractivity (Wildman–Crippen MR) is 67.6 cm³/mol. The van der Waals surface area contributed by atoms with E-state index in [1.807, 2.05) is 13.8 Å². The lowest BCUT2D eigenvalue weighted by atomic mass is 10.4. The summed E-state index contributed by atoms with van der Waals surface area (Å²) in [5, 5.41) is 6.59. The summed E-state index contributed by atoms with van der Waals surface area (Å²) in [6, 6.07) is 0. The third kappa shape index (κ3) is 4.08. The summed E-state index contributed by atoms with van der Waals surface area (Å²) in [5.74, 6) is -0.320. The lowest BCUT2D eigenvalue weighted by Crippen LogP contribution is -2.41. The van der Waals surface area contributed by atoms with Gasteiger partial charge in [0.15, 0.2) is 0 Å². The Labute approximate surface area is 106 Å². The molecule has 1 rings (SSSR count). The van der Waals surface area contributed by atoms with Gasteiger partial charge in [0.2, 0.25) is 11.8 Å². The van der Waals surface area contributed by atoms with Crippen LogP contribution < -0.4 is 11.1 Å². The molecule has 2 amide bonds. The summed E-state index contributed by atoms with van der Waals surface area (Å²) in [4.78, 5) is 24.8. The molecule has 7 nitrogen and oxygen atoms in total. The van der Waals surface area contributed by atoms with Gasteiger partial charge in [0, 0.05) is 19.3 Å². The average molecular weight is 253 g/mol. The van der Waals surface area contributed by atoms with Crippen molar-refractivity contribution in [1.82, 2.24) is 20.0 Å². The highest BCUT2D eigenvalue weighted by Crippen LogP contribution is 1.99. The van der Waals surface area contributed by atoms with Crippen molar-refractivity contribution < 1.29 is 9.59 Å². The number of nitrogens with one attached hydrogen (secondary N) is 1. The number of nitrogens with two attached hydrogens (primary N) is 1. The van der Waals surface area contributed by atoms with Gasteiger partial charge in [-0.05, 0) is 13.8 Å². The monoisotopic (exact) mass is 253 g/mol. The van der Waals surface area contributed by atoms with E-state index < -0.39 is 0 Å². The number of aromatic nitrogens is 2. The molecule has 1 heterocycles. The van der Waals surface area contributed by atoms with Gasteiger partial charge >= 0.3 is 0 Å². The number of likely N-dealkylation sites (N-methyl/N-ethyl adjacent to an activating group) is 2. The van der Waals surface area contributed by atoms with Crippen molar-refractivity contribution in [2.24, 2.45) is 0 Å². The van der Waals surface area contributed by atoms with Crippen LogP contribution >= 0.6 is 0 Å². The molecule has 3 N–H and O–H groups in total. The van der Waals surface area contributed by atoms with Crippen LogP contribution in [0.2, 0.25) is 0 Å². The largest absolute Gasteiger partial charge is 0.396 e. The lowest BCUT2D eigenvalue weighted by Gasteiger charge is -2.20. The highest BCUT2D eigenvalue weighted by atomic mass is 16.2. The summed E-state index contributed by atoms with van der Waals surface area (Å²) in [6.07, 6.45) is 3.06. The zero-order valence-corrected chi connectivity index (χ0v) is 10.7. The van der Waals surface area contributed by atoms with Gasteiger partial charge in [0.05, 0.1) is 18.4 Å². The van der Waals surface area contributed by atoms with Crippen molar-refractivity contribution in [2.75, 3.05) is 25.4 Å². The molecule has 0 aliphatic heterocycles. The minimum atomic E-state index is -0.160. The Balaban J connectivity index is 2.54. The van der Waals surface area contributed by atoms with E-state index in [1.165, 1.54) is 15.8 Å². The third-order valence-electron chi connectivity index (χ3n) is 2.39. The van der Waals surface area contributed by atoms with Crippen molar-refractivity contribution in [1.29, 1.82) is 0 Å². The van der Waals surface area contributed by atoms with Crippen LogP contribution in [-0.4, -0.2) is 46.1 Å². The minimum Gasteiger partial charge on any atom is -0.396 e. The van der Waals surface area contributed by atoms with Gasteiger partial charge in [-0.2, -0.15) is 5.10 Å². The average Bonchev–Trinajstić information content (AvgIpc) is 2.72. The number of amides is 2. The normalized spacial score (nSPS) is 10.1. The second kappa shape index (κ2) is 6.63. The third-order valence-corrected chi connectivity index (χ3v) is 2.39. The number of nitrogen functional groups attached to an aromatic ring is 1. The van der Waals surface area contributed by atoms with Gasteiger partial charge in [-0.3, -0.25) is 14.3 Å². The van der Waals surface area contributed by atoms with E-state index in [2.05, 4.69) is 10.4 Å². The number of nitrogens with zero attached hydrogens (tertiary/aromatic N) is 3. The van der Waals surface area contributed by atoms with Crippen LogP contribution in [0, 0.1) is 0 Å². The molecule has 0 unspecified atom stereocenters. The van der Waals surface area contributed by atoms with E-state index in [0.29, 0.717) is 18.8 Å². The smallest absolute Gasteiger partial charge is 0.244 e. The quantitative estimate of drug-likeness (QED) is 0.711. The van der Waals surface area contributed by atoms with Gasteiger partial charge < -0.3 is 16.0 Å². The molecule has 100 valence electrons. The Kier molecular flexibility index (Phi) is 5.16. The number of anilines is 1. The fourth-order valence-electron chi connectivity index (χ4n) is 1.51. The summed E-state index contributed by atoms with van der Waals surface area (Å²) in [7, 11) is 0. The molecule has 1 aromatic rings. The standard InChI is InChI=1S/C11H19N5O2/c1-3-13-10(17)7-15(4-2)11(18)8-16-6-9(12)5-14-16/h5-6H,3-4,7-8,12H2,1-2H3,(H,13,17). The predicted octanol–water partition coefficient (Wildman–Crippen LogP) is -0.550. The second-order valence-corrected chi connectivity index (χ2v) is 3.83. The number of hydrogen-bond donors (Lipinski definition) is 2. The summed E-state index contributed by atoms with van der Waals surface area (Å²) in [6.45, 7) is 4.86. The van der Waals surface area contributed by atoms with Crippen molar-refractivity contribution in [3.8, 4) is 0 Å². The molecule has 18 heavy (non-hydrogen) atoms. The van der Waals surface area contributed by atoms with E-state index in [4.69, 9.17) is 5.73 Å². The first-order valence-corrected chi connectivity index (χ1v) is 5.89. The SMILES string of the molecule is CCNC(=O)CN(CC)C(=O)Cn1cc(N)cn1. The van der Waals surface area contributed by atoms with Crippen LogP contribution in [0.1, 0.15) is 13.8 Å². The van der Waals surface area contributed by atoms with Crippen molar-refractivity contribution in [2.45, 2.75) is 20.4 Å². The number of carbonyl (C=O) groups excluding carboxylic acids is 2. The molecule has 0 atom stereocenters. The second-order valence-electron chi connectivity index (χ2n) is 3.83.